The van der Waals surface area contributed by atoms with E-state index in [2.05, 4.69) is 25.4 Å². The topological polar surface area (TPSA) is 311 Å². The van der Waals surface area contributed by atoms with Crippen LogP contribution in [0.2, 0.25) is 0 Å². The van der Waals surface area contributed by atoms with Crippen LogP contribution < -0.4 is 28.3 Å². The average molecular weight is 472 g/mol. The second kappa shape index (κ2) is 14.7. The predicted octanol–water partition coefficient (Wildman–Crippen LogP) is -2.48. The van der Waals surface area contributed by atoms with Crippen LogP contribution in [0.15, 0.2) is 17.2 Å². The van der Waals surface area contributed by atoms with Crippen molar-refractivity contribution in [2.45, 2.75) is 37.8 Å². The van der Waals surface area contributed by atoms with Crippen LogP contribution in [-0.4, -0.2) is 76.3 Å². The fourth-order valence-corrected chi connectivity index (χ4v) is 1.75. The van der Waals surface area contributed by atoms with Crippen LogP contribution in [-0.2, 0) is 19.2 Å². The molecule has 33 heavy (non-hydrogen) atoms. The quantitative estimate of drug-likeness (QED) is 0.135. The van der Waals surface area contributed by atoms with Crippen molar-refractivity contribution in [3.8, 4) is 0 Å². The number of carboxylic acids is 4. The molecule has 0 bridgehead atoms. The summed E-state index contributed by atoms with van der Waals surface area (Å²) in [6.45, 7) is 0. The van der Waals surface area contributed by atoms with Gasteiger partial charge in [0.25, 0.3) is 5.56 Å². The van der Waals surface area contributed by atoms with Crippen LogP contribution in [0.25, 0.3) is 11.2 Å². The minimum atomic E-state index is -1.17. The standard InChI is InChI=1S/C6H6N6O.2C5H9NO4/c7-12-6-10-4-3(5(13)11-6)8-1-2-9-4;2*6-3(5(9)10)1-2-4(7)8/h1-2H,7H2,(H2,9,10,11,12,13);2*3H,1-2,6H2,(H,7,8)(H,9,10)/t;2*3-/m.00/s1. The van der Waals surface area contributed by atoms with E-state index in [0.29, 0.717) is 0 Å². The molecule has 0 aromatic carbocycles. The SMILES string of the molecule is NNc1nc2nccnc2c(=O)[nH]1.N[C@@H](CCC(=O)O)C(=O)O.N[C@@H](CCC(=O)O)C(=O)O. The molecule has 0 spiro atoms. The molecule has 17 heteroatoms. The molecule has 0 saturated heterocycles. The summed E-state index contributed by atoms with van der Waals surface area (Å²) >= 11 is 0. The second-order valence-electron chi connectivity index (χ2n) is 6.04. The van der Waals surface area contributed by atoms with E-state index in [1.54, 1.807) is 0 Å². The van der Waals surface area contributed by atoms with Gasteiger partial charge in [-0.2, -0.15) is 4.98 Å². The third-order valence-corrected chi connectivity index (χ3v) is 3.45. The molecule has 2 aromatic heterocycles. The maximum absolute atomic E-state index is 11.3. The zero-order chi connectivity index (χ0) is 25.6. The lowest BCUT2D eigenvalue weighted by molar-refractivity contribution is -0.141. The zero-order valence-electron chi connectivity index (χ0n) is 17.0. The van der Waals surface area contributed by atoms with Gasteiger partial charge in [0.15, 0.2) is 11.2 Å². The van der Waals surface area contributed by atoms with E-state index in [0.717, 1.165) is 0 Å². The Morgan fingerprint density at radius 2 is 1.36 bits per heavy atom. The van der Waals surface area contributed by atoms with Crippen molar-refractivity contribution in [1.82, 2.24) is 19.9 Å². The number of anilines is 1. The molecular formula is C16H24N8O9. The van der Waals surface area contributed by atoms with Gasteiger partial charge in [-0.3, -0.25) is 34.4 Å². The van der Waals surface area contributed by atoms with Gasteiger partial charge in [0.1, 0.15) is 12.1 Å². The lowest BCUT2D eigenvalue weighted by Gasteiger charge is -2.01. The van der Waals surface area contributed by atoms with Gasteiger partial charge in [0, 0.05) is 25.2 Å². The van der Waals surface area contributed by atoms with Crippen molar-refractivity contribution in [2.75, 3.05) is 5.43 Å². The molecule has 0 saturated carbocycles. The number of carbonyl (C=O) groups is 4. The summed E-state index contributed by atoms with van der Waals surface area (Å²) in [6, 6.07) is -2.12. The molecule has 182 valence electrons. The monoisotopic (exact) mass is 472 g/mol. The van der Waals surface area contributed by atoms with Gasteiger partial charge in [-0.1, -0.05) is 0 Å². The number of nitrogen functional groups attached to an aromatic ring is 1. The summed E-state index contributed by atoms with van der Waals surface area (Å²) in [5.74, 6) is 0.851. The van der Waals surface area contributed by atoms with E-state index < -0.39 is 36.0 Å². The molecule has 2 aromatic rings. The number of carboxylic acid groups (broad SMARTS) is 4. The van der Waals surface area contributed by atoms with Gasteiger partial charge < -0.3 is 31.9 Å². The van der Waals surface area contributed by atoms with E-state index in [1.807, 2.05) is 0 Å². The highest BCUT2D eigenvalue weighted by molar-refractivity contribution is 5.75. The first-order chi connectivity index (χ1) is 15.4. The Kier molecular flexibility index (Phi) is 12.8. The number of rotatable bonds is 9. The summed E-state index contributed by atoms with van der Waals surface area (Å²) in [5.41, 5.74) is 12.3. The van der Waals surface area contributed by atoms with Gasteiger partial charge in [-0.25, -0.2) is 15.8 Å². The normalized spacial score (nSPS) is 11.6. The Labute approximate surface area is 184 Å². The van der Waals surface area contributed by atoms with Crippen LogP contribution in [0.5, 0.6) is 0 Å². The van der Waals surface area contributed by atoms with Gasteiger partial charge >= 0.3 is 23.9 Å². The van der Waals surface area contributed by atoms with Gasteiger partial charge in [-0.05, 0) is 12.8 Å². The summed E-state index contributed by atoms with van der Waals surface area (Å²) in [6.07, 6.45) is 2.43. The smallest absolute Gasteiger partial charge is 0.320 e. The second-order valence-corrected chi connectivity index (χ2v) is 6.04. The fraction of sp³-hybridized carbons (Fsp3) is 0.375. The number of nitrogens with two attached hydrogens (primary N) is 3. The average Bonchev–Trinajstić information content (AvgIpc) is 2.76. The highest BCUT2D eigenvalue weighted by Crippen LogP contribution is 2.00. The first kappa shape index (κ1) is 28.8. The van der Waals surface area contributed by atoms with E-state index in [-0.39, 0.29) is 48.4 Å². The Morgan fingerprint density at radius 3 is 1.76 bits per heavy atom. The van der Waals surface area contributed by atoms with Crippen molar-refractivity contribution in [3.63, 3.8) is 0 Å². The number of nitrogens with one attached hydrogen (secondary N) is 2. The maximum Gasteiger partial charge on any atom is 0.320 e. The van der Waals surface area contributed by atoms with Crippen molar-refractivity contribution >= 4 is 41.0 Å². The van der Waals surface area contributed by atoms with Crippen molar-refractivity contribution in [3.05, 3.63) is 22.7 Å². The number of aromatic nitrogens is 4. The molecule has 0 aliphatic rings. The van der Waals surface area contributed by atoms with E-state index in [9.17, 15) is 24.0 Å². The number of hydrogen-bond acceptors (Lipinski definition) is 12. The number of nitrogens with zero attached hydrogens (tertiary/aromatic N) is 3. The molecule has 0 aliphatic heterocycles. The van der Waals surface area contributed by atoms with Crippen molar-refractivity contribution < 1.29 is 39.6 Å². The Bertz CT molecular complexity index is 979. The summed E-state index contributed by atoms with van der Waals surface area (Å²) in [5, 5.41) is 32.5. The molecule has 2 atom stereocenters. The number of H-pyrrole nitrogens is 1. The fourth-order valence-electron chi connectivity index (χ4n) is 1.75. The highest BCUT2D eigenvalue weighted by atomic mass is 16.4. The first-order valence-electron chi connectivity index (χ1n) is 8.97. The molecule has 2 heterocycles. The number of aromatic amines is 1. The van der Waals surface area contributed by atoms with Crippen molar-refractivity contribution in [2.24, 2.45) is 17.3 Å². The van der Waals surface area contributed by atoms with E-state index >= 15 is 0 Å². The molecule has 12 N–H and O–H groups in total. The van der Waals surface area contributed by atoms with Crippen LogP contribution in [0, 0.1) is 0 Å². The third kappa shape index (κ3) is 12.3. The number of hydrogen-bond donors (Lipinski definition) is 9. The molecular weight excluding hydrogens is 448 g/mol. The Hall–Kier alpha value is -4.22. The molecule has 0 radical (unpaired) electrons. The van der Waals surface area contributed by atoms with Crippen molar-refractivity contribution in [1.29, 1.82) is 0 Å². The molecule has 0 amide bonds. The van der Waals surface area contributed by atoms with Crippen LogP contribution in [0.4, 0.5) is 5.95 Å². The number of hydrazine groups is 1. The minimum absolute atomic E-state index is 0.0231. The summed E-state index contributed by atoms with van der Waals surface area (Å²) in [7, 11) is 0. The largest absolute Gasteiger partial charge is 0.481 e. The molecule has 0 fully saturated rings. The predicted molar refractivity (Wildman–Crippen MR) is 111 cm³/mol. The Morgan fingerprint density at radius 1 is 0.909 bits per heavy atom. The van der Waals surface area contributed by atoms with Gasteiger partial charge in [0.05, 0.1) is 0 Å². The maximum atomic E-state index is 11.3. The highest BCUT2D eigenvalue weighted by Gasteiger charge is 2.13. The van der Waals surface area contributed by atoms with Crippen LogP contribution in [0.3, 0.4) is 0 Å². The summed E-state index contributed by atoms with van der Waals surface area (Å²) in [4.78, 5) is 65.0. The van der Waals surface area contributed by atoms with Crippen LogP contribution in [0.1, 0.15) is 25.7 Å². The summed E-state index contributed by atoms with van der Waals surface area (Å²) < 4.78 is 0. The van der Waals surface area contributed by atoms with Gasteiger partial charge in [-0.15, -0.1) is 0 Å². The van der Waals surface area contributed by atoms with E-state index in [1.165, 1.54) is 12.4 Å². The molecule has 0 unspecified atom stereocenters. The lowest BCUT2D eigenvalue weighted by Crippen LogP contribution is -2.30. The molecule has 17 nitrogen and oxygen atoms in total. The molecule has 0 aliphatic carbocycles. The zero-order valence-corrected chi connectivity index (χ0v) is 17.0. The third-order valence-electron chi connectivity index (χ3n) is 3.45. The lowest BCUT2D eigenvalue weighted by atomic mass is 10.2. The number of fused-ring (bicyclic) bond motifs is 1. The van der Waals surface area contributed by atoms with E-state index in [4.69, 9.17) is 37.7 Å². The number of aliphatic carboxylic acids is 4. The van der Waals surface area contributed by atoms with Crippen LogP contribution >= 0.6 is 0 Å². The minimum Gasteiger partial charge on any atom is -0.481 e. The Balaban J connectivity index is 0.000000474. The molecule has 2 rings (SSSR count). The first-order valence-corrected chi connectivity index (χ1v) is 8.97. The van der Waals surface area contributed by atoms with Gasteiger partial charge in [0.2, 0.25) is 5.95 Å².